The molecule has 5 N–H and O–H groups in total. The summed E-state index contributed by atoms with van der Waals surface area (Å²) in [6.07, 6.45) is 3.68. The second-order valence-corrected chi connectivity index (χ2v) is 12.9. The smallest absolute Gasteiger partial charge is 0.322 e. The number of benzene rings is 1. The van der Waals surface area contributed by atoms with Gasteiger partial charge in [0.1, 0.15) is 23.5 Å². The first kappa shape index (κ1) is 35.0. The Balaban J connectivity index is 1.52. The van der Waals surface area contributed by atoms with Gasteiger partial charge in [0.15, 0.2) is 5.79 Å². The Labute approximate surface area is 268 Å². The fraction of sp³-hybridized carbons (Fsp3) is 0.545. The zero-order chi connectivity index (χ0) is 33.8. The molecule has 2 fully saturated rings. The molecule has 2 aliphatic heterocycles. The van der Waals surface area contributed by atoms with E-state index >= 15 is 0 Å². The molecule has 0 spiro atoms. The first-order valence-corrected chi connectivity index (χ1v) is 15.6. The number of rotatable bonds is 10. The predicted octanol–water partition coefficient (Wildman–Crippen LogP) is 2.30. The molecule has 3 amide bonds. The van der Waals surface area contributed by atoms with E-state index in [-0.39, 0.29) is 19.1 Å². The number of carboxylic acids is 1. The number of ether oxygens (including phenoxy) is 2. The van der Waals surface area contributed by atoms with Crippen molar-refractivity contribution in [1.82, 2.24) is 26.1 Å². The molecule has 3 heterocycles. The van der Waals surface area contributed by atoms with Gasteiger partial charge in [-0.3, -0.25) is 29.2 Å². The van der Waals surface area contributed by atoms with Crippen LogP contribution in [0.2, 0.25) is 0 Å². The molecule has 1 aromatic heterocycles. The van der Waals surface area contributed by atoms with E-state index < -0.39 is 59.1 Å². The minimum atomic E-state index is -1.28. The number of aliphatic hydroxyl groups excluding tert-OH is 1. The summed E-state index contributed by atoms with van der Waals surface area (Å²) in [7, 11) is 0. The van der Waals surface area contributed by atoms with Gasteiger partial charge in [-0.15, -0.1) is 0 Å². The van der Waals surface area contributed by atoms with E-state index in [1.807, 2.05) is 24.3 Å². The highest BCUT2D eigenvalue weighted by molar-refractivity contribution is 5.94. The van der Waals surface area contributed by atoms with E-state index in [0.717, 1.165) is 10.9 Å². The fourth-order valence-electron chi connectivity index (χ4n) is 5.28. The lowest BCUT2D eigenvalue weighted by molar-refractivity contribution is -0.272. The van der Waals surface area contributed by atoms with Crippen LogP contribution in [0.5, 0.6) is 0 Å². The number of aliphatic hydroxyl groups is 1. The summed E-state index contributed by atoms with van der Waals surface area (Å²) in [6.45, 7) is 10.5. The molecule has 13 nitrogen and oxygen atoms in total. The lowest BCUT2D eigenvalue weighted by atomic mass is 9.85. The molecule has 0 bridgehead atoms. The number of carboxylic acid groups (broad SMARTS) is 1. The van der Waals surface area contributed by atoms with Crippen LogP contribution in [0.1, 0.15) is 71.7 Å². The molecule has 13 heteroatoms. The number of aromatic nitrogens is 1. The molecule has 2 saturated heterocycles. The van der Waals surface area contributed by atoms with Crippen LogP contribution in [0.25, 0.3) is 17.0 Å². The van der Waals surface area contributed by atoms with Gasteiger partial charge in [0.25, 0.3) is 5.91 Å². The normalized spacial score (nSPS) is 21.5. The minimum Gasteiger partial charge on any atom is -0.480 e. The molecule has 0 unspecified atom stereocenters. The minimum absolute atomic E-state index is 0.00691. The average molecular weight is 640 g/mol. The maximum atomic E-state index is 14.0. The Kier molecular flexibility index (Phi) is 10.8. The topological polar surface area (TPSA) is 179 Å². The molecule has 2 aromatic rings. The molecule has 250 valence electrons. The number of carbonyl (C=O) groups excluding carboxylic acids is 3. The number of hydrogen-bond acceptors (Lipinski definition) is 9. The number of hydrazine groups is 1. The summed E-state index contributed by atoms with van der Waals surface area (Å²) >= 11 is 0. The van der Waals surface area contributed by atoms with Crippen molar-refractivity contribution in [3.8, 4) is 0 Å². The third-order valence-electron chi connectivity index (χ3n) is 8.28. The molecule has 46 heavy (non-hydrogen) atoms. The van der Waals surface area contributed by atoms with Gasteiger partial charge >= 0.3 is 5.97 Å². The third-order valence-corrected chi connectivity index (χ3v) is 8.28. The Morgan fingerprint density at radius 2 is 1.74 bits per heavy atom. The van der Waals surface area contributed by atoms with Crippen molar-refractivity contribution in [2.45, 2.75) is 84.4 Å². The highest BCUT2D eigenvalue weighted by Crippen LogP contribution is 2.33. The molecule has 0 saturated carbocycles. The number of nitrogens with one attached hydrogen (secondary N) is 3. The van der Waals surface area contributed by atoms with Gasteiger partial charge in [0.2, 0.25) is 11.8 Å². The molecule has 4 atom stereocenters. The predicted molar refractivity (Wildman–Crippen MR) is 170 cm³/mol. The zero-order valence-corrected chi connectivity index (χ0v) is 27.2. The van der Waals surface area contributed by atoms with Gasteiger partial charge in [-0.05, 0) is 64.2 Å². The standard InChI is InChI=1S/C33H45N5O8/c1-19(2)27(28(40)34-20(3)29(41)38-15-7-8-25(37-38)30(42)43)36-31(44)33(17-45-32(5,6)46-18-33)14-13-22-9-10-23-11-12-24(21(4)39)35-26(23)16-22/h9-14,16,19-21,25,27,37,39H,7-8,15,17-18H2,1-6H3,(H,34,40)(H,36,44)(H,42,43)/b14-13+/t20-,21+,25-,27-/m0/s1. The summed E-state index contributed by atoms with van der Waals surface area (Å²) in [6, 6.07) is 6.46. The van der Waals surface area contributed by atoms with Crippen molar-refractivity contribution >= 4 is 40.7 Å². The first-order valence-electron chi connectivity index (χ1n) is 15.6. The first-order chi connectivity index (χ1) is 21.6. The number of amides is 3. The zero-order valence-electron chi connectivity index (χ0n) is 27.2. The second-order valence-electron chi connectivity index (χ2n) is 12.9. The molecular formula is C33H45N5O8. The van der Waals surface area contributed by atoms with Crippen molar-refractivity contribution in [2.75, 3.05) is 19.8 Å². The summed E-state index contributed by atoms with van der Waals surface area (Å²) < 4.78 is 11.8. The Hall–Kier alpha value is -3.91. The maximum Gasteiger partial charge on any atom is 0.322 e. The van der Waals surface area contributed by atoms with Crippen LogP contribution >= 0.6 is 0 Å². The van der Waals surface area contributed by atoms with E-state index in [2.05, 4.69) is 21.0 Å². The molecule has 0 aliphatic carbocycles. The lowest BCUT2D eigenvalue weighted by Crippen LogP contribution is -2.62. The Morgan fingerprint density at radius 3 is 2.37 bits per heavy atom. The van der Waals surface area contributed by atoms with Crippen LogP contribution in [0.4, 0.5) is 0 Å². The lowest BCUT2D eigenvalue weighted by Gasteiger charge is -2.41. The van der Waals surface area contributed by atoms with Crippen molar-refractivity contribution in [2.24, 2.45) is 11.3 Å². The van der Waals surface area contributed by atoms with Crippen molar-refractivity contribution < 1.29 is 38.9 Å². The molecule has 2 aliphatic rings. The number of nitrogens with zero attached hydrogens (tertiary/aromatic N) is 2. The molecule has 1 aromatic carbocycles. The third kappa shape index (κ3) is 8.27. The van der Waals surface area contributed by atoms with Crippen LogP contribution in [-0.2, 0) is 28.7 Å². The highest BCUT2D eigenvalue weighted by Gasteiger charge is 2.45. The van der Waals surface area contributed by atoms with Crippen LogP contribution in [0.15, 0.2) is 36.4 Å². The van der Waals surface area contributed by atoms with E-state index in [4.69, 9.17) is 9.47 Å². The summed E-state index contributed by atoms with van der Waals surface area (Å²) in [5.41, 5.74) is 3.43. The quantitative estimate of drug-likeness (QED) is 0.259. The van der Waals surface area contributed by atoms with Gasteiger partial charge in [-0.25, -0.2) is 5.43 Å². The van der Waals surface area contributed by atoms with Gasteiger partial charge in [-0.1, -0.05) is 44.2 Å². The highest BCUT2D eigenvalue weighted by atomic mass is 16.7. The molecule has 4 rings (SSSR count). The Bertz CT molecular complexity index is 1480. The molecule has 0 radical (unpaired) electrons. The second kappa shape index (κ2) is 14.2. The summed E-state index contributed by atoms with van der Waals surface area (Å²) in [5, 5.41) is 27.0. The van der Waals surface area contributed by atoms with E-state index in [1.54, 1.807) is 52.8 Å². The largest absolute Gasteiger partial charge is 0.480 e. The van der Waals surface area contributed by atoms with Gasteiger partial charge < -0.3 is 30.3 Å². The number of hydrogen-bond donors (Lipinski definition) is 5. The van der Waals surface area contributed by atoms with Crippen LogP contribution in [0, 0.1) is 11.3 Å². The van der Waals surface area contributed by atoms with Gasteiger partial charge in [-0.2, -0.15) is 0 Å². The monoisotopic (exact) mass is 639 g/mol. The van der Waals surface area contributed by atoms with E-state index in [9.17, 15) is 29.4 Å². The number of fused-ring (bicyclic) bond motifs is 1. The maximum absolute atomic E-state index is 14.0. The van der Waals surface area contributed by atoms with Crippen LogP contribution < -0.4 is 16.1 Å². The number of aliphatic carboxylic acids is 1. The van der Waals surface area contributed by atoms with Crippen LogP contribution in [0.3, 0.4) is 0 Å². The molecular weight excluding hydrogens is 594 g/mol. The van der Waals surface area contributed by atoms with Crippen molar-refractivity contribution in [1.29, 1.82) is 0 Å². The average Bonchev–Trinajstić information content (AvgIpc) is 3.02. The van der Waals surface area contributed by atoms with Crippen LogP contribution in [-0.4, -0.2) is 87.6 Å². The summed E-state index contributed by atoms with van der Waals surface area (Å²) in [4.78, 5) is 56.4. The van der Waals surface area contributed by atoms with Gasteiger partial charge in [0, 0.05) is 11.9 Å². The number of carbonyl (C=O) groups is 4. The van der Waals surface area contributed by atoms with E-state index in [0.29, 0.717) is 30.6 Å². The van der Waals surface area contributed by atoms with E-state index in [1.165, 1.54) is 11.9 Å². The van der Waals surface area contributed by atoms with Crippen molar-refractivity contribution in [3.05, 3.63) is 47.7 Å². The Morgan fingerprint density at radius 1 is 1.07 bits per heavy atom. The fourth-order valence-corrected chi connectivity index (χ4v) is 5.28. The van der Waals surface area contributed by atoms with Crippen molar-refractivity contribution in [3.63, 3.8) is 0 Å². The summed E-state index contributed by atoms with van der Waals surface area (Å²) in [5.74, 6) is -3.81. The SMILES string of the molecule is CC(C)[C@H](NC(=O)C1(/C=C/c2ccc3ccc([C@@H](C)O)nc3c2)COC(C)(C)OC1)C(=O)N[C@@H](C)C(=O)N1CCC[C@@H](C(=O)O)N1. The number of pyridine rings is 1. The van der Waals surface area contributed by atoms with Gasteiger partial charge in [0.05, 0.1) is 30.5 Å².